The number of carbonyl (C=O) groups excluding carboxylic acids is 1. The Morgan fingerprint density at radius 1 is 0.731 bits per heavy atom. The molecule has 7 nitrogen and oxygen atoms in total. The van der Waals surface area contributed by atoms with E-state index in [1.165, 1.54) is 0 Å². The van der Waals surface area contributed by atoms with Crippen molar-refractivity contribution < 1.29 is 4.79 Å². The lowest BCUT2D eigenvalue weighted by atomic mass is 10.1. The van der Waals surface area contributed by atoms with Gasteiger partial charge in [0.15, 0.2) is 0 Å². The minimum Gasteiger partial charge on any atom is -0.398 e. The molecular weight excluding hydrogens is 328 g/mol. The van der Waals surface area contributed by atoms with E-state index in [9.17, 15) is 4.79 Å². The third kappa shape index (κ3) is 2.93. The summed E-state index contributed by atoms with van der Waals surface area (Å²) in [6.07, 6.45) is 3.30. The average Bonchev–Trinajstić information content (AvgIpc) is 2.63. The highest BCUT2D eigenvalue weighted by atomic mass is 16.2. The first kappa shape index (κ1) is 15.6. The Kier molecular flexibility index (Phi) is 3.74. The molecule has 2 heterocycles. The van der Waals surface area contributed by atoms with Gasteiger partial charge >= 0.3 is 6.03 Å². The van der Waals surface area contributed by atoms with Gasteiger partial charge in [0, 0.05) is 45.9 Å². The van der Waals surface area contributed by atoms with E-state index in [2.05, 4.69) is 20.6 Å². The van der Waals surface area contributed by atoms with Crippen LogP contribution in [-0.4, -0.2) is 16.0 Å². The van der Waals surface area contributed by atoms with Crippen molar-refractivity contribution >= 4 is 50.6 Å². The monoisotopic (exact) mass is 344 g/mol. The Labute approximate surface area is 149 Å². The minimum absolute atomic E-state index is 0.367. The lowest BCUT2D eigenvalue weighted by Gasteiger charge is -2.10. The van der Waals surface area contributed by atoms with Crippen LogP contribution in [0.5, 0.6) is 0 Å². The summed E-state index contributed by atoms with van der Waals surface area (Å²) in [5.74, 6) is 0. The first-order chi connectivity index (χ1) is 12.6. The zero-order valence-electron chi connectivity index (χ0n) is 13.7. The van der Waals surface area contributed by atoms with Crippen LogP contribution >= 0.6 is 0 Å². The Morgan fingerprint density at radius 2 is 1.19 bits per heavy atom. The Hall–Kier alpha value is -3.87. The molecule has 4 aromatic rings. The number of aromatic nitrogens is 2. The number of hydrogen-bond donors (Lipinski definition) is 4. The van der Waals surface area contributed by atoms with Gasteiger partial charge in [0.25, 0.3) is 0 Å². The number of rotatable bonds is 2. The van der Waals surface area contributed by atoms with Crippen molar-refractivity contribution in [3.63, 3.8) is 0 Å². The number of anilines is 4. The van der Waals surface area contributed by atoms with Crippen LogP contribution in [0.4, 0.5) is 27.5 Å². The first-order valence-electron chi connectivity index (χ1n) is 7.97. The molecule has 0 unspecified atom stereocenters. The molecule has 0 radical (unpaired) electrons. The fourth-order valence-electron chi connectivity index (χ4n) is 2.78. The van der Waals surface area contributed by atoms with Gasteiger partial charge in [-0.1, -0.05) is 0 Å². The SMILES string of the molecule is Nc1ccnc2ccc(NC(=O)Nc3ccc4nccc(N)c4c3)cc12. The lowest BCUT2D eigenvalue weighted by Crippen LogP contribution is -2.19. The molecule has 0 atom stereocenters. The second kappa shape index (κ2) is 6.21. The van der Waals surface area contributed by atoms with E-state index >= 15 is 0 Å². The summed E-state index contributed by atoms with van der Waals surface area (Å²) in [6, 6.07) is 13.8. The Bertz CT molecular complexity index is 1050. The fourth-order valence-corrected chi connectivity index (χ4v) is 2.78. The van der Waals surface area contributed by atoms with Crippen LogP contribution in [-0.2, 0) is 0 Å². The number of hydrogen-bond acceptors (Lipinski definition) is 5. The molecule has 0 bridgehead atoms. The molecule has 2 amide bonds. The maximum Gasteiger partial charge on any atom is 0.323 e. The van der Waals surface area contributed by atoms with Gasteiger partial charge in [0.05, 0.1) is 11.0 Å². The predicted octanol–water partition coefficient (Wildman–Crippen LogP) is 3.59. The molecule has 0 spiro atoms. The zero-order valence-corrected chi connectivity index (χ0v) is 13.7. The summed E-state index contributed by atoms with van der Waals surface area (Å²) in [7, 11) is 0. The second-order valence-corrected chi connectivity index (χ2v) is 5.84. The second-order valence-electron chi connectivity index (χ2n) is 5.84. The standard InChI is InChI=1S/C19H16N6O/c20-15-5-7-22-17-3-1-11(9-13(15)17)24-19(26)25-12-2-4-18-14(10-12)16(21)6-8-23-18/h1-10H,(H2,20,22)(H2,21,23)(H2,24,25,26). The highest BCUT2D eigenvalue weighted by Crippen LogP contribution is 2.24. The van der Waals surface area contributed by atoms with Gasteiger partial charge in [-0.3, -0.25) is 9.97 Å². The number of benzene rings is 2. The van der Waals surface area contributed by atoms with Crippen molar-refractivity contribution in [1.82, 2.24) is 9.97 Å². The number of nitrogen functional groups attached to an aromatic ring is 2. The van der Waals surface area contributed by atoms with E-state index in [4.69, 9.17) is 11.5 Å². The van der Waals surface area contributed by atoms with E-state index in [-0.39, 0.29) is 6.03 Å². The maximum atomic E-state index is 12.3. The fraction of sp³-hybridized carbons (Fsp3) is 0. The molecule has 0 fully saturated rings. The third-order valence-corrected chi connectivity index (χ3v) is 4.07. The summed E-state index contributed by atoms with van der Waals surface area (Å²) >= 11 is 0. The van der Waals surface area contributed by atoms with Crippen molar-refractivity contribution in [3.05, 3.63) is 60.9 Å². The number of nitrogens with one attached hydrogen (secondary N) is 2. The zero-order chi connectivity index (χ0) is 18.1. The van der Waals surface area contributed by atoms with Crippen molar-refractivity contribution in [2.75, 3.05) is 22.1 Å². The van der Waals surface area contributed by atoms with Gasteiger partial charge in [0.1, 0.15) is 0 Å². The molecule has 6 N–H and O–H groups in total. The molecule has 0 saturated carbocycles. The van der Waals surface area contributed by atoms with E-state index in [0.29, 0.717) is 22.7 Å². The highest BCUT2D eigenvalue weighted by Gasteiger charge is 2.07. The van der Waals surface area contributed by atoms with Gasteiger partial charge in [-0.25, -0.2) is 4.79 Å². The molecular formula is C19H16N6O. The van der Waals surface area contributed by atoms with Crippen molar-refractivity contribution in [3.8, 4) is 0 Å². The van der Waals surface area contributed by atoms with Crippen LogP contribution in [0.3, 0.4) is 0 Å². The molecule has 26 heavy (non-hydrogen) atoms. The van der Waals surface area contributed by atoms with Crippen LogP contribution in [0.15, 0.2) is 60.9 Å². The first-order valence-corrected chi connectivity index (χ1v) is 7.97. The molecule has 0 aliphatic heterocycles. The minimum atomic E-state index is -0.367. The topological polar surface area (TPSA) is 119 Å². The molecule has 0 aliphatic carbocycles. The molecule has 128 valence electrons. The molecule has 4 rings (SSSR count). The van der Waals surface area contributed by atoms with Crippen molar-refractivity contribution in [2.24, 2.45) is 0 Å². The molecule has 2 aromatic heterocycles. The highest BCUT2D eigenvalue weighted by molar-refractivity contribution is 6.03. The number of fused-ring (bicyclic) bond motifs is 2. The smallest absolute Gasteiger partial charge is 0.323 e. The van der Waals surface area contributed by atoms with E-state index in [1.54, 1.807) is 48.8 Å². The molecule has 2 aromatic carbocycles. The number of urea groups is 1. The van der Waals surface area contributed by atoms with Crippen molar-refractivity contribution in [2.45, 2.75) is 0 Å². The van der Waals surface area contributed by atoms with Gasteiger partial charge < -0.3 is 22.1 Å². The van der Waals surface area contributed by atoms with E-state index < -0.39 is 0 Å². The molecule has 0 saturated heterocycles. The van der Waals surface area contributed by atoms with Gasteiger partial charge in [-0.2, -0.15) is 0 Å². The molecule has 7 heteroatoms. The average molecular weight is 344 g/mol. The van der Waals surface area contributed by atoms with Gasteiger partial charge in [0.2, 0.25) is 0 Å². The summed E-state index contributed by atoms with van der Waals surface area (Å²) in [4.78, 5) is 20.8. The summed E-state index contributed by atoms with van der Waals surface area (Å²) in [6.45, 7) is 0. The number of pyridine rings is 2. The summed E-state index contributed by atoms with van der Waals surface area (Å²) in [5, 5.41) is 7.16. The normalized spacial score (nSPS) is 10.8. The van der Waals surface area contributed by atoms with E-state index in [1.807, 2.05) is 12.1 Å². The van der Waals surface area contributed by atoms with Crippen LogP contribution in [0.1, 0.15) is 0 Å². The molecule has 0 aliphatic rings. The third-order valence-electron chi connectivity index (χ3n) is 4.07. The Morgan fingerprint density at radius 3 is 1.65 bits per heavy atom. The number of carbonyl (C=O) groups is 1. The Balaban J connectivity index is 1.55. The lowest BCUT2D eigenvalue weighted by molar-refractivity contribution is 0.262. The maximum absolute atomic E-state index is 12.3. The predicted molar refractivity (Wildman–Crippen MR) is 105 cm³/mol. The number of amides is 2. The van der Waals surface area contributed by atoms with Crippen LogP contribution in [0.2, 0.25) is 0 Å². The van der Waals surface area contributed by atoms with Gasteiger partial charge in [-0.05, 0) is 48.5 Å². The van der Waals surface area contributed by atoms with Crippen LogP contribution in [0, 0.1) is 0 Å². The number of nitrogens with zero attached hydrogens (tertiary/aromatic N) is 2. The summed E-state index contributed by atoms with van der Waals surface area (Å²) < 4.78 is 0. The quantitative estimate of drug-likeness (QED) is 0.443. The largest absolute Gasteiger partial charge is 0.398 e. The van der Waals surface area contributed by atoms with Gasteiger partial charge in [-0.15, -0.1) is 0 Å². The van der Waals surface area contributed by atoms with E-state index in [0.717, 1.165) is 21.8 Å². The van der Waals surface area contributed by atoms with Crippen molar-refractivity contribution in [1.29, 1.82) is 0 Å². The van der Waals surface area contributed by atoms with Crippen LogP contribution in [0.25, 0.3) is 21.8 Å². The van der Waals surface area contributed by atoms with Crippen LogP contribution < -0.4 is 22.1 Å². The summed E-state index contributed by atoms with van der Waals surface area (Å²) in [5.41, 5.74) is 15.9. The number of nitrogens with two attached hydrogens (primary N) is 2.